The summed E-state index contributed by atoms with van der Waals surface area (Å²) < 4.78 is 19.8. The first-order valence-electron chi connectivity index (χ1n) is 6.68. The zero-order chi connectivity index (χ0) is 15.4. The van der Waals surface area contributed by atoms with Crippen LogP contribution in [0.25, 0.3) is 11.4 Å². The van der Waals surface area contributed by atoms with Crippen molar-refractivity contribution in [2.75, 3.05) is 19.5 Å². The van der Waals surface area contributed by atoms with E-state index in [-0.39, 0.29) is 5.75 Å². The van der Waals surface area contributed by atoms with E-state index in [1.54, 1.807) is 12.1 Å². The molecule has 1 aromatic carbocycles. The molecule has 0 atom stereocenters. The Bertz CT molecular complexity index is 649. The maximum Gasteiger partial charge on any atom is 0.165 e. The van der Waals surface area contributed by atoms with Gasteiger partial charge in [0.1, 0.15) is 5.82 Å². The van der Waals surface area contributed by atoms with Gasteiger partial charge in [0, 0.05) is 12.6 Å². The Balaban J connectivity index is 2.52. The normalized spacial score (nSPS) is 10.5. The van der Waals surface area contributed by atoms with Crippen LogP contribution in [0.15, 0.2) is 18.2 Å². The lowest BCUT2D eigenvalue weighted by Gasteiger charge is -2.11. The van der Waals surface area contributed by atoms with Gasteiger partial charge in [-0.15, -0.1) is 0 Å². The predicted octanol–water partition coefficient (Wildman–Crippen LogP) is 3.89. The molecule has 21 heavy (non-hydrogen) atoms. The predicted molar refractivity (Wildman–Crippen MR) is 90.2 cm³/mol. The minimum absolute atomic E-state index is 0.215. The molecule has 2 rings (SSSR count). The Morgan fingerprint density at radius 2 is 2.10 bits per heavy atom. The fourth-order valence-corrected chi connectivity index (χ4v) is 2.78. The molecule has 2 aromatic rings. The summed E-state index contributed by atoms with van der Waals surface area (Å²) in [5, 5.41) is 3.06. The largest absolute Gasteiger partial charge is 0.494 e. The number of anilines is 1. The number of methoxy groups -OCH3 is 1. The maximum atomic E-state index is 13.8. The zero-order valence-electron chi connectivity index (χ0n) is 12.2. The van der Waals surface area contributed by atoms with Crippen molar-refractivity contribution in [1.29, 1.82) is 0 Å². The molecule has 0 unspecified atom stereocenters. The van der Waals surface area contributed by atoms with Gasteiger partial charge in [-0.2, -0.15) is 0 Å². The standard InChI is InChI=1S/C15H17FIN3O/c1-4-5-11-13(17)15(18-2)20-14(19-11)9-6-7-12(21-3)10(16)8-9/h6-8H,4-5H2,1-3H3,(H,18,19,20). The minimum atomic E-state index is -0.416. The van der Waals surface area contributed by atoms with Crippen molar-refractivity contribution < 1.29 is 9.13 Å². The second-order valence-corrected chi connectivity index (χ2v) is 5.58. The van der Waals surface area contributed by atoms with Crippen LogP contribution in [0.3, 0.4) is 0 Å². The number of halogens is 2. The molecule has 0 bridgehead atoms. The van der Waals surface area contributed by atoms with E-state index < -0.39 is 5.82 Å². The van der Waals surface area contributed by atoms with Crippen LogP contribution in [0.2, 0.25) is 0 Å². The number of aromatic nitrogens is 2. The molecule has 0 spiro atoms. The average Bonchev–Trinajstić information content (AvgIpc) is 2.49. The Morgan fingerprint density at radius 1 is 1.33 bits per heavy atom. The highest BCUT2D eigenvalue weighted by Gasteiger charge is 2.13. The molecule has 0 saturated carbocycles. The monoisotopic (exact) mass is 401 g/mol. The van der Waals surface area contributed by atoms with E-state index in [0.717, 1.165) is 27.9 Å². The molecule has 1 heterocycles. The zero-order valence-corrected chi connectivity index (χ0v) is 14.4. The van der Waals surface area contributed by atoms with Crippen molar-refractivity contribution in [2.45, 2.75) is 19.8 Å². The van der Waals surface area contributed by atoms with E-state index in [1.807, 2.05) is 7.05 Å². The molecule has 1 N–H and O–H groups in total. The van der Waals surface area contributed by atoms with Crippen molar-refractivity contribution >= 4 is 28.4 Å². The van der Waals surface area contributed by atoms with Crippen molar-refractivity contribution in [3.8, 4) is 17.1 Å². The first-order valence-corrected chi connectivity index (χ1v) is 7.76. The lowest BCUT2D eigenvalue weighted by atomic mass is 10.1. The third-order valence-electron chi connectivity index (χ3n) is 3.05. The molecule has 112 valence electrons. The van der Waals surface area contributed by atoms with Gasteiger partial charge in [-0.05, 0) is 47.2 Å². The number of ether oxygens (including phenoxy) is 1. The number of aryl methyl sites for hydroxylation is 1. The third kappa shape index (κ3) is 3.42. The van der Waals surface area contributed by atoms with Gasteiger partial charge in [-0.1, -0.05) is 13.3 Å². The van der Waals surface area contributed by atoms with Gasteiger partial charge < -0.3 is 10.1 Å². The van der Waals surface area contributed by atoms with Crippen molar-refractivity contribution in [3.05, 3.63) is 33.3 Å². The Morgan fingerprint density at radius 3 is 2.67 bits per heavy atom. The Labute approximate surface area is 137 Å². The number of rotatable bonds is 5. The van der Waals surface area contributed by atoms with E-state index in [1.165, 1.54) is 13.2 Å². The van der Waals surface area contributed by atoms with Gasteiger partial charge >= 0.3 is 0 Å². The lowest BCUT2D eigenvalue weighted by molar-refractivity contribution is 0.386. The summed E-state index contributed by atoms with van der Waals surface area (Å²) >= 11 is 2.24. The van der Waals surface area contributed by atoms with Crippen LogP contribution in [0.1, 0.15) is 19.0 Å². The second kappa shape index (κ2) is 7.02. The minimum Gasteiger partial charge on any atom is -0.494 e. The molecule has 0 fully saturated rings. The van der Waals surface area contributed by atoms with Gasteiger partial charge in [0.25, 0.3) is 0 Å². The van der Waals surface area contributed by atoms with E-state index in [4.69, 9.17) is 4.74 Å². The summed E-state index contributed by atoms with van der Waals surface area (Å²) in [6.07, 6.45) is 1.85. The SMILES string of the molecule is CCCc1nc(-c2ccc(OC)c(F)c2)nc(NC)c1I. The smallest absolute Gasteiger partial charge is 0.165 e. The van der Waals surface area contributed by atoms with E-state index in [2.05, 4.69) is 44.8 Å². The van der Waals surface area contributed by atoms with Gasteiger partial charge in [-0.3, -0.25) is 0 Å². The van der Waals surface area contributed by atoms with Gasteiger partial charge in [0.15, 0.2) is 17.4 Å². The summed E-state index contributed by atoms with van der Waals surface area (Å²) in [6.45, 7) is 2.10. The summed E-state index contributed by atoms with van der Waals surface area (Å²) in [7, 11) is 3.26. The van der Waals surface area contributed by atoms with Crippen molar-refractivity contribution in [1.82, 2.24) is 9.97 Å². The van der Waals surface area contributed by atoms with Crippen LogP contribution in [0.4, 0.5) is 10.2 Å². The molecule has 0 amide bonds. The highest BCUT2D eigenvalue weighted by molar-refractivity contribution is 14.1. The van der Waals surface area contributed by atoms with Crippen LogP contribution in [0, 0.1) is 9.39 Å². The molecule has 0 radical (unpaired) electrons. The highest BCUT2D eigenvalue weighted by atomic mass is 127. The second-order valence-electron chi connectivity index (χ2n) is 4.51. The maximum absolute atomic E-state index is 13.8. The van der Waals surface area contributed by atoms with Gasteiger partial charge in [0.2, 0.25) is 0 Å². The molecular formula is C15H17FIN3O. The topological polar surface area (TPSA) is 47.0 Å². The summed E-state index contributed by atoms with van der Waals surface area (Å²) in [4.78, 5) is 9.03. The third-order valence-corrected chi connectivity index (χ3v) is 4.19. The van der Waals surface area contributed by atoms with E-state index in [9.17, 15) is 4.39 Å². The number of hydrogen-bond donors (Lipinski definition) is 1. The first kappa shape index (κ1) is 15.9. The van der Waals surface area contributed by atoms with E-state index in [0.29, 0.717) is 11.4 Å². The molecular weight excluding hydrogens is 384 g/mol. The Hall–Kier alpha value is -1.44. The number of benzene rings is 1. The average molecular weight is 401 g/mol. The summed E-state index contributed by atoms with van der Waals surface area (Å²) in [5.41, 5.74) is 1.61. The number of hydrogen-bond acceptors (Lipinski definition) is 4. The molecule has 1 aromatic heterocycles. The Kier molecular flexibility index (Phi) is 5.33. The summed E-state index contributed by atoms with van der Waals surface area (Å²) in [6, 6.07) is 4.75. The van der Waals surface area contributed by atoms with Crippen LogP contribution >= 0.6 is 22.6 Å². The number of nitrogens with one attached hydrogen (secondary N) is 1. The quantitative estimate of drug-likeness (QED) is 0.773. The lowest BCUT2D eigenvalue weighted by Crippen LogP contribution is -2.05. The number of nitrogens with zero attached hydrogens (tertiary/aromatic N) is 2. The molecule has 0 aliphatic rings. The van der Waals surface area contributed by atoms with Crippen LogP contribution < -0.4 is 10.1 Å². The van der Waals surface area contributed by atoms with Gasteiger partial charge in [-0.25, -0.2) is 14.4 Å². The molecule has 6 heteroatoms. The highest BCUT2D eigenvalue weighted by Crippen LogP contribution is 2.27. The van der Waals surface area contributed by atoms with Crippen LogP contribution in [-0.2, 0) is 6.42 Å². The molecule has 4 nitrogen and oxygen atoms in total. The fraction of sp³-hybridized carbons (Fsp3) is 0.333. The molecule has 0 aliphatic carbocycles. The fourth-order valence-electron chi connectivity index (χ4n) is 2.00. The molecule has 0 saturated heterocycles. The van der Waals surface area contributed by atoms with Crippen LogP contribution in [0.5, 0.6) is 5.75 Å². The van der Waals surface area contributed by atoms with Gasteiger partial charge in [0.05, 0.1) is 16.4 Å². The summed E-state index contributed by atoms with van der Waals surface area (Å²) in [5.74, 6) is 1.08. The van der Waals surface area contributed by atoms with Crippen molar-refractivity contribution in [3.63, 3.8) is 0 Å². The first-order chi connectivity index (χ1) is 10.1. The van der Waals surface area contributed by atoms with Crippen molar-refractivity contribution in [2.24, 2.45) is 0 Å². The molecule has 0 aliphatic heterocycles. The van der Waals surface area contributed by atoms with Crippen LogP contribution in [-0.4, -0.2) is 24.1 Å². The van der Waals surface area contributed by atoms with E-state index >= 15 is 0 Å².